The maximum Gasteiger partial charge on any atom is 0.335 e. The number of benzene rings is 1. The molecule has 1 aromatic heterocycles. The maximum absolute atomic E-state index is 11.1. The number of carbonyl (C=O) groups is 2. The molecule has 0 radical (unpaired) electrons. The SMILES string of the molecule is O=C(O)c1ccc(-c2nccn2C2CCC(C(=O)O)CC2)cc1. The average Bonchev–Trinajstić information content (AvgIpc) is 3.04. The van der Waals surface area contributed by atoms with E-state index in [1.54, 1.807) is 30.5 Å². The second kappa shape index (κ2) is 6.24. The topological polar surface area (TPSA) is 92.4 Å². The van der Waals surface area contributed by atoms with Crippen LogP contribution in [0.2, 0.25) is 0 Å². The van der Waals surface area contributed by atoms with Crippen molar-refractivity contribution < 1.29 is 19.8 Å². The van der Waals surface area contributed by atoms with E-state index in [1.165, 1.54) is 0 Å². The fourth-order valence-corrected chi connectivity index (χ4v) is 3.19. The molecule has 2 N–H and O–H groups in total. The van der Waals surface area contributed by atoms with Crippen LogP contribution in [0.1, 0.15) is 42.1 Å². The Hall–Kier alpha value is -2.63. The summed E-state index contributed by atoms with van der Waals surface area (Å²) in [6.45, 7) is 0. The van der Waals surface area contributed by atoms with Crippen molar-refractivity contribution in [3.63, 3.8) is 0 Å². The number of aromatic nitrogens is 2. The smallest absolute Gasteiger partial charge is 0.335 e. The molecule has 1 aliphatic carbocycles. The van der Waals surface area contributed by atoms with E-state index in [0.29, 0.717) is 12.8 Å². The lowest BCUT2D eigenvalue weighted by Crippen LogP contribution is -2.23. The van der Waals surface area contributed by atoms with E-state index in [1.807, 2.05) is 6.20 Å². The summed E-state index contributed by atoms with van der Waals surface area (Å²) in [6, 6.07) is 6.88. The fourth-order valence-electron chi connectivity index (χ4n) is 3.19. The second-order valence-electron chi connectivity index (χ2n) is 5.88. The third-order valence-electron chi connectivity index (χ3n) is 4.50. The summed E-state index contributed by atoms with van der Waals surface area (Å²) in [5.41, 5.74) is 1.11. The van der Waals surface area contributed by atoms with E-state index in [4.69, 9.17) is 10.2 Å². The monoisotopic (exact) mass is 314 g/mol. The first-order chi connectivity index (χ1) is 11.1. The Morgan fingerprint density at radius 3 is 2.26 bits per heavy atom. The number of nitrogens with zero attached hydrogens (tertiary/aromatic N) is 2. The van der Waals surface area contributed by atoms with Crippen LogP contribution in [0.5, 0.6) is 0 Å². The van der Waals surface area contributed by atoms with Gasteiger partial charge < -0.3 is 14.8 Å². The minimum absolute atomic E-state index is 0.238. The Labute approximate surface area is 133 Å². The molecular weight excluding hydrogens is 296 g/mol. The van der Waals surface area contributed by atoms with Gasteiger partial charge in [0.25, 0.3) is 0 Å². The minimum Gasteiger partial charge on any atom is -0.481 e. The van der Waals surface area contributed by atoms with Crippen molar-refractivity contribution >= 4 is 11.9 Å². The average molecular weight is 314 g/mol. The van der Waals surface area contributed by atoms with Crippen molar-refractivity contribution in [1.29, 1.82) is 0 Å². The third-order valence-corrected chi connectivity index (χ3v) is 4.50. The summed E-state index contributed by atoms with van der Waals surface area (Å²) in [5.74, 6) is -1.11. The first kappa shape index (κ1) is 15.3. The van der Waals surface area contributed by atoms with Gasteiger partial charge in [-0.15, -0.1) is 0 Å². The van der Waals surface area contributed by atoms with Crippen molar-refractivity contribution in [3.05, 3.63) is 42.2 Å². The molecule has 0 amide bonds. The molecule has 1 saturated carbocycles. The zero-order chi connectivity index (χ0) is 16.4. The van der Waals surface area contributed by atoms with Crippen molar-refractivity contribution in [2.45, 2.75) is 31.7 Å². The quantitative estimate of drug-likeness (QED) is 0.904. The van der Waals surface area contributed by atoms with E-state index in [9.17, 15) is 9.59 Å². The number of aromatic carboxylic acids is 1. The lowest BCUT2D eigenvalue weighted by atomic mass is 9.86. The zero-order valence-corrected chi connectivity index (χ0v) is 12.6. The molecule has 0 bridgehead atoms. The van der Waals surface area contributed by atoms with E-state index in [2.05, 4.69) is 9.55 Å². The molecule has 1 fully saturated rings. The van der Waals surface area contributed by atoms with E-state index < -0.39 is 11.9 Å². The number of carboxylic acids is 2. The van der Waals surface area contributed by atoms with Gasteiger partial charge in [0.15, 0.2) is 0 Å². The van der Waals surface area contributed by atoms with Gasteiger partial charge in [0, 0.05) is 24.0 Å². The Morgan fingerprint density at radius 2 is 1.70 bits per heavy atom. The van der Waals surface area contributed by atoms with Gasteiger partial charge in [-0.05, 0) is 37.8 Å². The Morgan fingerprint density at radius 1 is 1.04 bits per heavy atom. The number of hydrogen-bond acceptors (Lipinski definition) is 3. The maximum atomic E-state index is 11.1. The highest BCUT2D eigenvalue weighted by Gasteiger charge is 2.27. The van der Waals surface area contributed by atoms with Gasteiger partial charge in [0.1, 0.15) is 5.82 Å². The lowest BCUT2D eigenvalue weighted by molar-refractivity contribution is -0.143. The molecule has 0 unspecified atom stereocenters. The predicted octanol–water partition coefficient (Wildman–Crippen LogP) is 3.06. The summed E-state index contributed by atoms with van der Waals surface area (Å²) < 4.78 is 2.08. The molecule has 6 nitrogen and oxygen atoms in total. The van der Waals surface area contributed by atoms with Crippen molar-refractivity contribution in [2.24, 2.45) is 5.92 Å². The molecule has 120 valence electrons. The van der Waals surface area contributed by atoms with Crippen LogP contribution in [0.25, 0.3) is 11.4 Å². The van der Waals surface area contributed by atoms with Gasteiger partial charge in [-0.3, -0.25) is 4.79 Å². The zero-order valence-electron chi connectivity index (χ0n) is 12.6. The standard InChI is InChI=1S/C17H18N2O4/c20-16(21)12-3-1-11(2-4-12)15-18-9-10-19(15)14-7-5-13(6-8-14)17(22)23/h1-4,9-10,13-14H,5-8H2,(H,20,21)(H,22,23). The number of aliphatic carboxylic acids is 1. The van der Waals surface area contributed by atoms with Gasteiger partial charge in [0.05, 0.1) is 11.5 Å². The molecule has 0 saturated heterocycles. The Kier molecular flexibility index (Phi) is 4.14. The van der Waals surface area contributed by atoms with Crippen LogP contribution >= 0.6 is 0 Å². The fraction of sp³-hybridized carbons (Fsp3) is 0.353. The van der Waals surface area contributed by atoms with Gasteiger partial charge in [-0.1, -0.05) is 12.1 Å². The molecule has 1 aromatic carbocycles. The number of imidazole rings is 1. The summed E-state index contributed by atoms with van der Waals surface area (Å²) >= 11 is 0. The van der Waals surface area contributed by atoms with Crippen molar-refractivity contribution in [3.8, 4) is 11.4 Å². The van der Waals surface area contributed by atoms with Gasteiger partial charge >= 0.3 is 11.9 Å². The number of hydrogen-bond donors (Lipinski definition) is 2. The molecule has 0 atom stereocenters. The molecule has 1 aliphatic rings. The van der Waals surface area contributed by atoms with Crippen LogP contribution in [-0.2, 0) is 4.79 Å². The van der Waals surface area contributed by atoms with Crippen LogP contribution in [0.3, 0.4) is 0 Å². The Balaban J connectivity index is 1.80. The highest BCUT2D eigenvalue weighted by molar-refractivity contribution is 5.88. The molecule has 3 rings (SSSR count). The first-order valence-electron chi connectivity index (χ1n) is 7.65. The number of carboxylic acid groups (broad SMARTS) is 2. The van der Waals surface area contributed by atoms with Crippen LogP contribution in [0, 0.1) is 5.92 Å². The molecule has 6 heteroatoms. The van der Waals surface area contributed by atoms with Crippen LogP contribution in [0.15, 0.2) is 36.7 Å². The van der Waals surface area contributed by atoms with Crippen LogP contribution < -0.4 is 0 Å². The van der Waals surface area contributed by atoms with Crippen LogP contribution in [0.4, 0.5) is 0 Å². The van der Waals surface area contributed by atoms with Crippen LogP contribution in [-0.4, -0.2) is 31.7 Å². The number of rotatable bonds is 4. The third kappa shape index (κ3) is 3.11. The second-order valence-corrected chi connectivity index (χ2v) is 5.88. The van der Waals surface area contributed by atoms with Gasteiger partial charge in [-0.25, -0.2) is 9.78 Å². The van der Waals surface area contributed by atoms with Gasteiger partial charge in [0.2, 0.25) is 0 Å². The van der Waals surface area contributed by atoms with Crippen molar-refractivity contribution in [2.75, 3.05) is 0 Å². The molecule has 1 heterocycles. The largest absolute Gasteiger partial charge is 0.481 e. The first-order valence-corrected chi connectivity index (χ1v) is 7.65. The predicted molar refractivity (Wildman–Crippen MR) is 83.3 cm³/mol. The lowest BCUT2D eigenvalue weighted by Gasteiger charge is -2.28. The molecule has 0 spiro atoms. The summed E-state index contributed by atoms with van der Waals surface area (Å²) in [5, 5.41) is 18.1. The molecular formula is C17H18N2O4. The van der Waals surface area contributed by atoms with Crippen molar-refractivity contribution in [1.82, 2.24) is 9.55 Å². The van der Waals surface area contributed by atoms with E-state index in [0.717, 1.165) is 24.2 Å². The summed E-state index contributed by atoms with van der Waals surface area (Å²) in [4.78, 5) is 26.4. The Bertz CT molecular complexity index is 712. The summed E-state index contributed by atoms with van der Waals surface area (Å²) in [7, 11) is 0. The normalized spacial score (nSPS) is 21.0. The minimum atomic E-state index is -0.952. The highest BCUT2D eigenvalue weighted by atomic mass is 16.4. The highest BCUT2D eigenvalue weighted by Crippen LogP contribution is 2.34. The van der Waals surface area contributed by atoms with E-state index >= 15 is 0 Å². The van der Waals surface area contributed by atoms with Gasteiger partial charge in [-0.2, -0.15) is 0 Å². The molecule has 23 heavy (non-hydrogen) atoms. The van der Waals surface area contributed by atoms with E-state index in [-0.39, 0.29) is 17.5 Å². The molecule has 2 aromatic rings. The summed E-state index contributed by atoms with van der Waals surface area (Å²) in [6.07, 6.45) is 6.61. The molecule has 0 aliphatic heterocycles.